The third-order valence-corrected chi connectivity index (χ3v) is 0.894. The van der Waals surface area contributed by atoms with Crippen LogP contribution in [0.3, 0.4) is 0 Å². The fourth-order valence-electron chi connectivity index (χ4n) is 0. The number of hydrogen-bond donors (Lipinski definition) is 2. The summed E-state index contributed by atoms with van der Waals surface area (Å²) in [6.07, 6.45) is 0. The van der Waals surface area contributed by atoms with Crippen molar-refractivity contribution in [2.24, 2.45) is 0 Å². The summed E-state index contributed by atoms with van der Waals surface area (Å²) in [7, 11) is -0.454. The molecule has 1 unspecified atom stereocenters. The number of rotatable bonds is 1. The molecule has 3 N–H and O–H groups in total. The monoisotopic (exact) mass is 129 g/mol. The van der Waals surface area contributed by atoms with Crippen LogP contribution in [0.15, 0.2) is 0 Å². The summed E-state index contributed by atoms with van der Waals surface area (Å²) in [6, 6.07) is 0. The van der Waals surface area contributed by atoms with Gasteiger partial charge in [0.1, 0.15) is 9.64 Å². The first kappa shape index (κ1) is 9.56. The van der Waals surface area contributed by atoms with E-state index >= 15 is 0 Å². The summed E-state index contributed by atoms with van der Waals surface area (Å²) in [6.45, 7) is 0. The van der Waals surface area contributed by atoms with Gasteiger partial charge in [0.05, 0.1) is 7.11 Å². The Morgan fingerprint density at radius 1 is 1.83 bits per heavy atom. The molecule has 0 saturated heterocycles. The summed E-state index contributed by atoms with van der Waals surface area (Å²) >= 11 is 4.07. The van der Waals surface area contributed by atoms with Gasteiger partial charge in [-0.05, 0) is 0 Å². The maximum Gasteiger partial charge on any atom is 0.132 e. The predicted molar refractivity (Wildman–Crippen MR) is 28.9 cm³/mol. The first-order valence-corrected chi connectivity index (χ1v) is 3.15. The molecular formula is CH7NO2S2. The molecule has 0 bridgehead atoms. The Morgan fingerprint density at radius 2 is 2.00 bits per heavy atom. The molecular weight excluding hydrogens is 122 g/mol. The van der Waals surface area contributed by atoms with E-state index in [1.807, 2.05) is 0 Å². The summed E-state index contributed by atoms with van der Waals surface area (Å²) in [5, 5.41) is 0. The third kappa shape index (κ3) is 8.85. The van der Waals surface area contributed by atoms with Crippen LogP contribution in [0.1, 0.15) is 0 Å². The van der Waals surface area contributed by atoms with Gasteiger partial charge in [0.15, 0.2) is 0 Å². The Morgan fingerprint density at radius 3 is 2.00 bits per heavy atom. The molecule has 0 rings (SSSR count). The van der Waals surface area contributed by atoms with Crippen LogP contribution in [0.5, 0.6) is 0 Å². The van der Waals surface area contributed by atoms with Crippen molar-refractivity contribution in [3.63, 3.8) is 0 Å². The lowest BCUT2D eigenvalue weighted by molar-refractivity contribution is 0.460. The van der Waals surface area contributed by atoms with E-state index in [1.54, 1.807) is 0 Å². The molecule has 0 aromatic heterocycles. The topological polar surface area (TPSA) is 61.3 Å². The van der Waals surface area contributed by atoms with Crippen molar-refractivity contribution in [1.82, 2.24) is 6.15 Å². The highest BCUT2D eigenvalue weighted by Crippen LogP contribution is 1.55. The molecule has 1 atom stereocenters. The Bertz CT molecular complexity index is 69.6. The van der Waals surface area contributed by atoms with E-state index in [4.69, 9.17) is 0 Å². The first-order valence-electron chi connectivity index (χ1n) is 0.956. The van der Waals surface area contributed by atoms with Crippen molar-refractivity contribution in [1.29, 1.82) is 0 Å². The van der Waals surface area contributed by atoms with E-state index in [0.717, 1.165) is 0 Å². The van der Waals surface area contributed by atoms with Gasteiger partial charge >= 0.3 is 0 Å². The van der Waals surface area contributed by atoms with Crippen molar-refractivity contribution in [2.75, 3.05) is 7.11 Å². The molecule has 40 valence electrons. The molecule has 0 aliphatic carbocycles. The molecule has 0 spiro atoms. The van der Waals surface area contributed by atoms with Crippen molar-refractivity contribution >= 4 is 20.8 Å². The molecule has 0 heterocycles. The number of hydrogen-bond acceptors (Lipinski definition) is 4. The first-order chi connectivity index (χ1) is 2.27. The standard InChI is InChI=1S/CH4O2S2.H3N/c1-3-5(2)4;/h5H,1H3;1H3. The zero-order valence-electron chi connectivity index (χ0n) is 3.38. The van der Waals surface area contributed by atoms with Crippen molar-refractivity contribution in [3.05, 3.63) is 0 Å². The lowest BCUT2D eigenvalue weighted by Gasteiger charge is -1.70. The molecule has 0 radical (unpaired) electrons. The van der Waals surface area contributed by atoms with Gasteiger partial charge in [0.2, 0.25) is 0 Å². The maximum atomic E-state index is 9.55. The predicted octanol–water partition coefficient (Wildman–Crippen LogP) is -0.347. The summed E-state index contributed by atoms with van der Waals surface area (Å²) < 4.78 is 13.6. The normalized spacial score (nSPS) is 12.2. The highest BCUT2D eigenvalue weighted by Gasteiger charge is 1.57. The molecule has 0 aliphatic heterocycles. The maximum absolute atomic E-state index is 9.55. The van der Waals surface area contributed by atoms with Gasteiger partial charge in [-0.2, -0.15) is 0 Å². The van der Waals surface area contributed by atoms with Gasteiger partial charge < -0.3 is 6.15 Å². The van der Waals surface area contributed by atoms with Crippen molar-refractivity contribution in [3.8, 4) is 0 Å². The van der Waals surface area contributed by atoms with Gasteiger partial charge in [-0.1, -0.05) is 0 Å². The Labute approximate surface area is 43.2 Å². The summed E-state index contributed by atoms with van der Waals surface area (Å²) in [5.41, 5.74) is 0. The third-order valence-electron chi connectivity index (χ3n) is 0.149. The second kappa shape index (κ2) is 5.29. The Kier molecular flexibility index (Phi) is 8.43. The molecule has 0 fully saturated rings. The fourth-order valence-corrected chi connectivity index (χ4v) is 0. The largest absolute Gasteiger partial charge is 0.344 e. The smallest absolute Gasteiger partial charge is 0.132 e. The van der Waals surface area contributed by atoms with Crippen LogP contribution in [0.25, 0.3) is 0 Å². The molecule has 6 heavy (non-hydrogen) atoms. The summed E-state index contributed by atoms with van der Waals surface area (Å²) in [5.74, 6) is 0. The van der Waals surface area contributed by atoms with E-state index in [-0.39, 0.29) is 6.15 Å². The van der Waals surface area contributed by atoms with Crippen LogP contribution in [-0.4, -0.2) is 11.3 Å². The van der Waals surface area contributed by atoms with Crippen LogP contribution in [0.4, 0.5) is 0 Å². The zero-order valence-corrected chi connectivity index (χ0v) is 5.09. The molecule has 0 amide bonds. The van der Waals surface area contributed by atoms with Crippen LogP contribution in [0.2, 0.25) is 0 Å². The Balaban J connectivity index is 0. The highest BCUT2D eigenvalue weighted by atomic mass is 32.8. The minimum atomic E-state index is -1.76. The van der Waals surface area contributed by atoms with E-state index in [1.165, 1.54) is 7.11 Å². The molecule has 5 heteroatoms. The minimum absolute atomic E-state index is 0. The van der Waals surface area contributed by atoms with Gasteiger partial charge in [-0.25, -0.2) is 4.21 Å². The van der Waals surface area contributed by atoms with Gasteiger partial charge in [-0.3, -0.25) is 4.18 Å². The van der Waals surface area contributed by atoms with E-state index in [2.05, 4.69) is 15.4 Å². The Hall–Kier alpha value is 0.290. The molecule has 0 aromatic carbocycles. The quantitative estimate of drug-likeness (QED) is 0.475. The SMILES string of the molecule is CO[SH](=O)=S.N. The molecule has 0 aromatic rings. The van der Waals surface area contributed by atoms with Crippen LogP contribution >= 0.6 is 0 Å². The van der Waals surface area contributed by atoms with Crippen LogP contribution < -0.4 is 6.15 Å². The average Bonchev–Trinajstić information content (AvgIpc) is 1.38. The second-order valence-electron chi connectivity index (χ2n) is 0.406. The van der Waals surface area contributed by atoms with E-state index < -0.39 is 9.64 Å². The van der Waals surface area contributed by atoms with Crippen LogP contribution in [0, 0.1) is 0 Å². The fraction of sp³-hybridized carbons (Fsp3) is 1.00. The van der Waals surface area contributed by atoms with Crippen molar-refractivity contribution in [2.45, 2.75) is 0 Å². The zero-order chi connectivity index (χ0) is 4.28. The molecule has 0 aliphatic rings. The lowest BCUT2D eigenvalue weighted by atomic mass is 11.8. The molecule has 0 saturated carbocycles. The highest BCUT2D eigenvalue weighted by molar-refractivity contribution is 8.19. The lowest BCUT2D eigenvalue weighted by Crippen LogP contribution is -1.70. The van der Waals surface area contributed by atoms with E-state index in [0.29, 0.717) is 0 Å². The summed E-state index contributed by atoms with van der Waals surface area (Å²) in [4.78, 5) is 0. The van der Waals surface area contributed by atoms with Crippen molar-refractivity contribution < 1.29 is 8.39 Å². The van der Waals surface area contributed by atoms with E-state index in [9.17, 15) is 4.21 Å². The van der Waals surface area contributed by atoms with Crippen LogP contribution in [-0.2, 0) is 25.0 Å². The minimum Gasteiger partial charge on any atom is -0.344 e. The van der Waals surface area contributed by atoms with Gasteiger partial charge in [0, 0.05) is 11.2 Å². The number of thiol groups is 1. The van der Waals surface area contributed by atoms with Gasteiger partial charge in [-0.15, -0.1) is 0 Å². The molecule has 3 nitrogen and oxygen atoms in total. The second-order valence-corrected chi connectivity index (χ2v) is 2.11. The average molecular weight is 129 g/mol. The van der Waals surface area contributed by atoms with Gasteiger partial charge in [0.25, 0.3) is 0 Å².